The number of halogens is 2. The minimum absolute atomic E-state index is 0.0661. The van der Waals surface area contributed by atoms with E-state index in [1.165, 1.54) is 17.0 Å². The third-order valence-corrected chi connectivity index (χ3v) is 9.37. The van der Waals surface area contributed by atoms with Crippen LogP contribution in [0.4, 0.5) is 13.6 Å². The molecule has 2 aliphatic rings. The quantitative estimate of drug-likeness (QED) is 0.173. The average molecular weight is 679 g/mol. The van der Waals surface area contributed by atoms with Gasteiger partial charge in [-0.3, -0.25) is 19.2 Å². The predicted molar refractivity (Wildman–Crippen MR) is 172 cm³/mol. The molecule has 0 spiro atoms. The number of nitrogens with one attached hydrogen (secondary N) is 4. The van der Waals surface area contributed by atoms with E-state index in [1.54, 1.807) is 46.8 Å². The second kappa shape index (κ2) is 14.9. The molecule has 6 atom stereocenters. The fourth-order valence-electron chi connectivity index (χ4n) is 6.41. The van der Waals surface area contributed by atoms with Gasteiger partial charge in [0.25, 0.3) is 0 Å². The van der Waals surface area contributed by atoms with Crippen molar-refractivity contribution in [1.82, 2.24) is 26.2 Å². The maximum absolute atomic E-state index is 14.1. The summed E-state index contributed by atoms with van der Waals surface area (Å²) in [6, 6.07) is 0.450. The number of rotatable bonds is 14. The molecule has 15 heteroatoms. The number of amides is 6. The first-order valence-electron chi connectivity index (χ1n) is 16.0. The lowest BCUT2D eigenvalue weighted by molar-refractivity contribution is -0.144. The van der Waals surface area contributed by atoms with Gasteiger partial charge in [0.15, 0.2) is 0 Å². The zero-order valence-electron chi connectivity index (χ0n) is 28.4. The number of carbonyl (C=O) groups is 6. The summed E-state index contributed by atoms with van der Waals surface area (Å²) in [5, 5.41) is 19.5. The Morgan fingerprint density at radius 2 is 1.62 bits per heavy atom. The number of fused-ring (bicyclic) bond motifs is 1. The number of benzene rings is 1. The highest BCUT2D eigenvalue weighted by Gasteiger charge is 2.70. The summed E-state index contributed by atoms with van der Waals surface area (Å²) < 4.78 is 27.2. The van der Waals surface area contributed by atoms with E-state index in [-0.39, 0.29) is 30.3 Å². The Bertz CT molecular complexity index is 1400. The van der Waals surface area contributed by atoms with Gasteiger partial charge in [0.1, 0.15) is 24.2 Å². The number of primary amides is 1. The molecule has 2 fully saturated rings. The van der Waals surface area contributed by atoms with Crippen LogP contribution in [0.15, 0.2) is 24.3 Å². The number of likely N-dealkylation sites (tertiary alicyclic amines) is 1. The molecular formula is C33H48F2N6O7. The largest absolute Gasteiger partial charge is 0.480 e. The van der Waals surface area contributed by atoms with Crippen molar-refractivity contribution in [2.24, 2.45) is 34.3 Å². The summed E-state index contributed by atoms with van der Waals surface area (Å²) >= 11 is 0. The SMILES string of the molecule is CC(C)[C@H](NC(=O)N[C@H](C(=O)N1CC2C([C@H]1C(=O)N[C@@H](CC(F)F)C(=O)NCCc1ccc(C(N)=O)cc1)C2(C)C)C(C)(C)C)C(=O)O. The number of carboxylic acids is 1. The second-order valence-electron chi connectivity index (χ2n) is 14.7. The fourth-order valence-corrected chi connectivity index (χ4v) is 6.41. The molecule has 3 rings (SSSR count). The molecule has 1 saturated heterocycles. The molecule has 1 aromatic rings. The van der Waals surface area contributed by atoms with Crippen LogP contribution in [0, 0.1) is 28.6 Å². The Morgan fingerprint density at radius 3 is 2.12 bits per heavy atom. The maximum Gasteiger partial charge on any atom is 0.326 e. The molecule has 0 radical (unpaired) electrons. The highest BCUT2D eigenvalue weighted by molar-refractivity contribution is 5.96. The van der Waals surface area contributed by atoms with Gasteiger partial charge < -0.3 is 37.0 Å². The average Bonchev–Trinajstić information content (AvgIpc) is 3.28. The molecule has 2 unspecified atom stereocenters. The van der Waals surface area contributed by atoms with Crippen molar-refractivity contribution in [3.05, 3.63) is 35.4 Å². The maximum atomic E-state index is 14.1. The minimum atomic E-state index is -2.91. The van der Waals surface area contributed by atoms with E-state index in [2.05, 4.69) is 21.3 Å². The number of hydrogen-bond acceptors (Lipinski definition) is 6. The predicted octanol–water partition coefficient (Wildman–Crippen LogP) is 1.89. The number of urea groups is 1. The van der Waals surface area contributed by atoms with Gasteiger partial charge in [-0.15, -0.1) is 0 Å². The zero-order valence-corrected chi connectivity index (χ0v) is 28.4. The van der Waals surface area contributed by atoms with Gasteiger partial charge in [0, 0.05) is 25.1 Å². The number of hydrogen-bond donors (Lipinski definition) is 6. The van der Waals surface area contributed by atoms with Crippen LogP contribution < -0.4 is 27.0 Å². The summed E-state index contributed by atoms with van der Waals surface area (Å²) in [6.07, 6.45) is -3.54. The van der Waals surface area contributed by atoms with Crippen LogP contribution in [-0.2, 0) is 25.6 Å². The summed E-state index contributed by atoms with van der Waals surface area (Å²) in [7, 11) is 0. The molecule has 7 N–H and O–H groups in total. The molecule has 48 heavy (non-hydrogen) atoms. The van der Waals surface area contributed by atoms with Crippen molar-refractivity contribution in [2.75, 3.05) is 13.1 Å². The van der Waals surface area contributed by atoms with Crippen molar-refractivity contribution in [1.29, 1.82) is 0 Å². The van der Waals surface area contributed by atoms with Crippen LogP contribution in [0.1, 0.15) is 70.8 Å². The normalized spacial score (nSPS) is 21.5. The summed E-state index contributed by atoms with van der Waals surface area (Å²) in [4.78, 5) is 78.1. The molecule has 0 aromatic heterocycles. The van der Waals surface area contributed by atoms with Gasteiger partial charge in [0.2, 0.25) is 30.1 Å². The smallest absolute Gasteiger partial charge is 0.326 e. The van der Waals surface area contributed by atoms with E-state index >= 15 is 0 Å². The number of piperidine rings is 1. The first kappa shape index (κ1) is 38.2. The summed E-state index contributed by atoms with van der Waals surface area (Å²) in [5.41, 5.74) is 5.12. The van der Waals surface area contributed by atoms with Crippen molar-refractivity contribution >= 4 is 35.6 Å². The molecule has 0 bridgehead atoms. The minimum Gasteiger partial charge on any atom is -0.480 e. The zero-order chi connectivity index (χ0) is 36.3. The van der Waals surface area contributed by atoms with Gasteiger partial charge in [-0.25, -0.2) is 18.4 Å². The lowest BCUT2D eigenvalue weighted by Crippen LogP contribution is -2.62. The number of nitrogens with two attached hydrogens (primary N) is 1. The Kier molecular flexibility index (Phi) is 11.8. The first-order valence-corrected chi connectivity index (χ1v) is 16.0. The molecule has 1 aliphatic carbocycles. The summed E-state index contributed by atoms with van der Waals surface area (Å²) in [5.74, 6) is -4.82. The number of nitrogens with zero attached hydrogens (tertiary/aromatic N) is 1. The second-order valence-corrected chi connectivity index (χ2v) is 14.7. The van der Waals surface area contributed by atoms with E-state index in [9.17, 15) is 42.7 Å². The molecule has 6 amide bonds. The Morgan fingerprint density at radius 1 is 1.02 bits per heavy atom. The molecule has 1 heterocycles. The number of aliphatic carboxylic acids is 1. The highest BCUT2D eigenvalue weighted by Crippen LogP contribution is 2.65. The fraction of sp³-hybridized carbons (Fsp3) is 0.636. The van der Waals surface area contributed by atoms with Crippen molar-refractivity contribution in [2.45, 2.75) is 91.9 Å². The monoisotopic (exact) mass is 678 g/mol. The molecular weight excluding hydrogens is 630 g/mol. The van der Waals surface area contributed by atoms with E-state index in [4.69, 9.17) is 5.73 Å². The number of alkyl halides is 2. The summed E-state index contributed by atoms with van der Waals surface area (Å²) in [6.45, 7) is 12.5. The van der Waals surface area contributed by atoms with Crippen molar-refractivity contribution in [3.63, 3.8) is 0 Å². The molecule has 266 valence electrons. The Labute approximate surface area is 279 Å². The topological polar surface area (TPSA) is 200 Å². The lowest BCUT2D eigenvalue weighted by Gasteiger charge is -2.38. The van der Waals surface area contributed by atoms with E-state index < -0.39 is 84.0 Å². The standard InChI is InChI=1S/C33H48F2N6O7/c1-16(2)23(30(46)47)39-31(48)40-25(32(3,4)5)29(45)41-15-19-22(33(19,6)7)24(41)28(44)38-20(14-21(34)35)27(43)37-13-12-17-8-10-18(11-9-17)26(36)42/h8-11,16,19-25H,12-15H2,1-7H3,(H2,36,42)(H,37,43)(H,38,44)(H,46,47)(H2,39,40,48)/t19?,20-,22?,23-,24-,25+/m0/s1. The molecule has 1 saturated carbocycles. The molecule has 1 aromatic carbocycles. The van der Waals surface area contributed by atoms with Crippen LogP contribution in [0.3, 0.4) is 0 Å². The van der Waals surface area contributed by atoms with E-state index in [0.717, 1.165) is 5.56 Å². The van der Waals surface area contributed by atoms with Gasteiger partial charge in [0.05, 0.1) is 0 Å². The van der Waals surface area contributed by atoms with Crippen molar-refractivity contribution < 1.29 is 42.7 Å². The van der Waals surface area contributed by atoms with Gasteiger partial charge in [-0.1, -0.05) is 60.6 Å². The number of carboxylic acid groups (broad SMARTS) is 1. The van der Waals surface area contributed by atoms with E-state index in [1.807, 2.05) is 13.8 Å². The van der Waals surface area contributed by atoms with Crippen LogP contribution in [-0.4, -0.2) is 89.3 Å². The first-order chi connectivity index (χ1) is 22.2. The lowest BCUT2D eigenvalue weighted by atomic mass is 9.85. The Hall–Kier alpha value is -4.30. The van der Waals surface area contributed by atoms with Crippen molar-refractivity contribution in [3.8, 4) is 0 Å². The van der Waals surface area contributed by atoms with E-state index in [0.29, 0.717) is 12.0 Å². The van der Waals surface area contributed by atoms with Crippen LogP contribution in [0.25, 0.3) is 0 Å². The van der Waals surface area contributed by atoms with Crippen LogP contribution in [0.2, 0.25) is 0 Å². The van der Waals surface area contributed by atoms with Crippen LogP contribution in [0.5, 0.6) is 0 Å². The number of carbonyl (C=O) groups excluding carboxylic acids is 5. The third-order valence-electron chi connectivity index (χ3n) is 9.37. The van der Waals surface area contributed by atoms with Crippen LogP contribution >= 0.6 is 0 Å². The Balaban J connectivity index is 1.76. The van der Waals surface area contributed by atoms with Gasteiger partial charge in [-0.2, -0.15) is 0 Å². The van der Waals surface area contributed by atoms with Gasteiger partial charge >= 0.3 is 12.0 Å². The third kappa shape index (κ3) is 8.98. The highest BCUT2D eigenvalue weighted by atomic mass is 19.3. The molecule has 1 aliphatic heterocycles. The molecule has 13 nitrogen and oxygen atoms in total. The van der Waals surface area contributed by atoms with Gasteiger partial charge in [-0.05, 0) is 52.7 Å².